The third-order valence-corrected chi connectivity index (χ3v) is 3.93. The average molecular weight is 340 g/mol. The van der Waals surface area contributed by atoms with E-state index in [0.717, 1.165) is 17.7 Å². The SMILES string of the molecule is CC[C@H](C)c1ccc(OCC(=O)N/N=C\c2cccc(OC)c2)cc1. The number of hydrogen-bond donors (Lipinski definition) is 1. The van der Waals surface area contributed by atoms with Crippen LogP contribution in [0.2, 0.25) is 0 Å². The summed E-state index contributed by atoms with van der Waals surface area (Å²) in [6, 6.07) is 15.2. The van der Waals surface area contributed by atoms with E-state index in [-0.39, 0.29) is 12.5 Å². The van der Waals surface area contributed by atoms with Gasteiger partial charge in [-0.05, 0) is 47.7 Å². The van der Waals surface area contributed by atoms with Gasteiger partial charge in [0.15, 0.2) is 6.61 Å². The average Bonchev–Trinajstić information content (AvgIpc) is 2.66. The van der Waals surface area contributed by atoms with Gasteiger partial charge in [-0.2, -0.15) is 5.10 Å². The number of hydrogen-bond acceptors (Lipinski definition) is 4. The second-order valence-electron chi connectivity index (χ2n) is 5.74. The van der Waals surface area contributed by atoms with Crippen LogP contribution in [0.5, 0.6) is 11.5 Å². The van der Waals surface area contributed by atoms with Crippen molar-refractivity contribution in [1.29, 1.82) is 0 Å². The number of carbonyl (C=O) groups excluding carboxylic acids is 1. The summed E-state index contributed by atoms with van der Waals surface area (Å²) in [6.07, 6.45) is 2.65. The number of nitrogens with one attached hydrogen (secondary N) is 1. The van der Waals surface area contributed by atoms with E-state index in [4.69, 9.17) is 9.47 Å². The molecule has 132 valence electrons. The predicted octanol–water partition coefficient (Wildman–Crippen LogP) is 3.74. The van der Waals surface area contributed by atoms with E-state index in [1.165, 1.54) is 5.56 Å². The van der Waals surface area contributed by atoms with Crippen molar-refractivity contribution in [2.24, 2.45) is 5.10 Å². The van der Waals surface area contributed by atoms with Crippen LogP contribution in [0.3, 0.4) is 0 Å². The fourth-order valence-electron chi connectivity index (χ4n) is 2.21. The quantitative estimate of drug-likeness (QED) is 0.588. The fraction of sp³-hybridized carbons (Fsp3) is 0.300. The van der Waals surface area contributed by atoms with Crippen LogP contribution in [0, 0.1) is 0 Å². The summed E-state index contributed by atoms with van der Waals surface area (Å²) in [5.74, 6) is 1.60. The Labute approximate surface area is 148 Å². The number of carbonyl (C=O) groups is 1. The molecule has 2 aromatic rings. The molecular weight excluding hydrogens is 316 g/mol. The molecule has 25 heavy (non-hydrogen) atoms. The summed E-state index contributed by atoms with van der Waals surface area (Å²) in [5, 5.41) is 3.92. The zero-order chi connectivity index (χ0) is 18.1. The lowest BCUT2D eigenvalue weighted by Gasteiger charge is -2.10. The number of nitrogens with zero attached hydrogens (tertiary/aromatic N) is 1. The van der Waals surface area contributed by atoms with Gasteiger partial charge in [0.2, 0.25) is 0 Å². The van der Waals surface area contributed by atoms with E-state index in [9.17, 15) is 4.79 Å². The van der Waals surface area contributed by atoms with Gasteiger partial charge in [-0.3, -0.25) is 4.79 Å². The minimum Gasteiger partial charge on any atom is -0.497 e. The zero-order valence-corrected chi connectivity index (χ0v) is 14.9. The van der Waals surface area contributed by atoms with Gasteiger partial charge in [0.25, 0.3) is 5.91 Å². The summed E-state index contributed by atoms with van der Waals surface area (Å²) in [7, 11) is 1.60. The predicted molar refractivity (Wildman–Crippen MR) is 99.4 cm³/mol. The first-order chi connectivity index (χ1) is 12.1. The molecule has 2 aromatic carbocycles. The maximum Gasteiger partial charge on any atom is 0.277 e. The molecule has 0 bridgehead atoms. The van der Waals surface area contributed by atoms with Gasteiger partial charge in [0, 0.05) is 0 Å². The first-order valence-electron chi connectivity index (χ1n) is 8.31. The van der Waals surface area contributed by atoms with Gasteiger partial charge >= 0.3 is 0 Å². The van der Waals surface area contributed by atoms with Gasteiger partial charge in [-0.15, -0.1) is 0 Å². The molecule has 2 rings (SSSR count). The molecule has 0 fully saturated rings. The number of hydrazone groups is 1. The van der Waals surface area contributed by atoms with Crippen LogP contribution >= 0.6 is 0 Å². The number of methoxy groups -OCH3 is 1. The van der Waals surface area contributed by atoms with Crippen molar-refractivity contribution in [3.05, 3.63) is 59.7 Å². The van der Waals surface area contributed by atoms with Crippen LogP contribution in [0.15, 0.2) is 53.6 Å². The molecule has 0 unspecified atom stereocenters. The lowest BCUT2D eigenvalue weighted by molar-refractivity contribution is -0.123. The molecule has 0 saturated carbocycles. The van der Waals surface area contributed by atoms with Crippen LogP contribution in [0.4, 0.5) is 0 Å². The Hall–Kier alpha value is -2.82. The van der Waals surface area contributed by atoms with E-state index in [1.54, 1.807) is 13.3 Å². The lowest BCUT2D eigenvalue weighted by Crippen LogP contribution is -2.24. The highest BCUT2D eigenvalue weighted by Crippen LogP contribution is 2.21. The number of amides is 1. The number of ether oxygens (including phenoxy) is 2. The summed E-state index contributed by atoms with van der Waals surface area (Å²) in [5.41, 5.74) is 4.54. The molecule has 5 heteroatoms. The summed E-state index contributed by atoms with van der Waals surface area (Å²) in [6.45, 7) is 4.26. The van der Waals surface area contributed by atoms with Gasteiger partial charge in [0.1, 0.15) is 11.5 Å². The Morgan fingerprint density at radius 1 is 1.20 bits per heavy atom. The second kappa shape index (κ2) is 9.47. The van der Waals surface area contributed by atoms with Crippen molar-refractivity contribution >= 4 is 12.1 Å². The number of rotatable bonds is 8. The molecule has 0 aromatic heterocycles. The van der Waals surface area contributed by atoms with E-state index in [2.05, 4.69) is 24.4 Å². The molecule has 1 amide bonds. The van der Waals surface area contributed by atoms with Crippen molar-refractivity contribution in [3.63, 3.8) is 0 Å². The minimum atomic E-state index is -0.315. The topological polar surface area (TPSA) is 59.9 Å². The van der Waals surface area contributed by atoms with Crippen molar-refractivity contribution in [3.8, 4) is 11.5 Å². The van der Waals surface area contributed by atoms with Crippen molar-refractivity contribution in [2.45, 2.75) is 26.2 Å². The van der Waals surface area contributed by atoms with E-state index in [1.807, 2.05) is 48.5 Å². The molecule has 0 heterocycles. The van der Waals surface area contributed by atoms with Crippen molar-refractivity contribution in [2.75, 3.05) is 13.7 Å². The standard InChI is InChI=1S/C20H24N2O3/c1-4-15(2)17-8-10-18(11-9-17)25-14-20(23)22-21-13-16-6-5-7-19(12-16)24-3/h5-13,15H,4,14H2,1-3H3,(H,22,23)/b21-13-/t15-/m0/s1. The Morgan fingerprint density at radius 3 is 2.64 bits per heavy atom. The Morgan fingerprint density at radius 2 is 1.96 bits per heavy atom. The molecule has 0 aliphatic heterocycles. The van der Waals surface area contributed by atoms with Crippen LogP contribution < -0.4 is 14.9 Å². The zero-order valence-electron chi connectivity index (χ0n) is 14.9. The van der Waals surface area contributed by atoms with Crippen LogP contribution in [-0.2, 0) is 4.79 Å². The Balaban J connectivity index is 1.79. The van der Waals surface area contributed by atoms with Crippen molar-refractivity contribution < 1.29 is 14.3 Å². The Kier molecular flexibility index (Phi) is 7.01. The van der Waals surface area contributed by atoms with Gasteiger partial charge < -0.3 is 9.47 Å². The molecule has 0 aliphatic rings. The van der Waals surface area contributed by atoms with Crippen LogP contribution in [0.1, 0.15) is 37.3 Å². The first-order valence-corrected chi connectivity index (χ1v) is 8.31. The third kappa shape index (κ3) is 5.95. The highest BCUT2D eigenvalue weighted by molar-refractivity contribution is 5.83. The molecule has 1 N–H and O–H groups in total. The van der Waals surface area contributed by atoms with Crippen molar-refractivity contribution in [1.82, 2.24) is 5.43 Å². The molecule has 1 atom stereocenters. The second-order valence-corrected chi connectivity index (χ2v) is 5.74. The monoisotopic (exact) mass is 340 g/mol. The van der Waals surface area contributed by atoms with Gasteiger partial charge in [-0.25, -0.2) is 5.43 Å². The lowest BCUT2D eigenvalue weighted by atomic mass is 9.99. The summed E-state index contributed by atoms with van der Waals surface area (Å²) < 4.78 is 10.6. The highest BCUT2D eigenvalue weighted by atomic mass is 16.5. The third-order valence-electron chi connectivity index (χ3n) is 3.93. The van der Waals surface area contributed by atoms with E-state index < -0.39 is 0 Å². The van der Waals surface area contributed by atoms with Crippen LogP contribution in [0.25, 0.3) is 0 Å². The first kappa shape index (κ1) is 18.5. The molecule has 0 saturated heterocycles. The van der Waals surface area contributed by atoms with E-state index >= 15 is 0 Å². The van der Waals surface area contributed by atoms with Gasteiger partial charge in [-0.1, -0.05) is 38.1 Å². The largest absolute Gasteiger partial charge is 0.497 e. The molecule has 0 radical (unpaired) electrons. The van der Waals surface area contributed by atoms with Gasteiger partial charge in [0.05, 0.1) is 13.3 Å². The maximum atomic E-state index is 11.8. The number of benzene rings is 2. The fourth-order valence-corrected chi connectivity index (χ4v) is 2.21. The molecule has 0 spiro atoms. The summed E-state index contributed by atoms with van der Waals surface area (Å²) in [4.78, 5) is 11.8. The van der Waals surface area contributed by atoms with E-state index in [0.29, 0.717) is 11.7 Å². The highest BCUT2D eigenvalue weighted by Gasteiger charge is 2.04. The Bertz CT molecular complexity index is 711. The molecule has 0 aliphatic carbocycles. The summed E-state index contributed by atoms with van der Waals surface area (Å²) >= 11 is 0. The normalized spacial score (nSPS) is 12.0. The molecular formula is C20H24N2O3. The van der Waals surface area contributed by atoms with Crippen LogP contribution in [-0.4, -0.2) is 25.8 Å². The maximum absolute atomic E-state index is 11.8. The minimum absolute atomic E-state index is 0.0852. The smallest absolute Gasteiger partial charge is 0.277 e. The molecule has 5 nitrogen and oxygen atoms in total.